The molecule has 0 N–H and O–H groups in total. The van der Waals surface area contributed by atoms with Crippen molar-refractivity contribution in [1.29, 1.82) is 0 Å². The van der Waals surface area contributed by atoms with Crippen LogP contribution in [0.5, 0.6) is 0 Å². The summed E-state index contributed by atoms with van der Waals surface area (Å²) in [5, 5.41) is 0. The molecule has 0 heterocycles. The van der Waals surface area contributed by atoms with Crippen LogP contribution in [0.15, 0.2) is 48.5 Å². The van der Waals surface area contributed by atoms with Crippen LogP contribution in [-0.4, -0.2) is 0 Å². The van der Waals surface area contributed by atoms with Crippen LogP contribution in [0.2, 0.25) is 0 Å². The van der Waals surface area contributed by atoms with Gasteiger partial charge in [-0.15, -0.1) is 0 Å². The van der Waals surface area contributed by atoms with Crippen LogP contribution in [0.25, 0.3) is 12.2 Å². The maximum Gasteiger partial charge on any atom is -0.0256 e. The van der Waals surface area contributed by atoms with Gasteiger partial charge in [0, 0.05) is 0 Å². The minimum Gasteiger partial charge on any atom is -0.0683 e. The van der Waals surface area contributed by atoms with Crippen LogP contribution < -0.4 is 0 Å². The van der Waals surface area contributed by atoms with Crippen molar-refractivity contribution in [2.75, 3.05) is 0 Å². The van der Waals surface area contributed by atoms with Gasteiger partial charge in [0.1, 0.15) is 0 Å². The van der Waals surface area contributed by atoms with Crippen molar-refractivity contribution < 1.29 is 0 Å². The fourth-order valence-electron chi connectivity index (χ4n) is 1.55. The third-order valence-corrected chi connectivity index (χ3v) is 2.62. The summed E-state index contributed by atoms with van der Waals surface area (Å²) in [5.74, 6) is 0. The smallest absolute Gasteiger partial charge is 0.0256 e. The van der Waals surface area contributed by atoms with Crippen LogP contribution >= 0.6 is 0 Å². The molecular formula is C20H28. The molecule has 0 aliphatic carbocycles. The van der Waals surface area contributed by atoms with E-state index in [0.717, 1.165) is 0 Å². The number of aryl methyl sites for hydroxylation is 2. The molecule has 2 aromatic rings. The average Bonchev–Trinajstić information content (AvgIpc) is 2.52. The Morgan fingerprint density at radius 2 is 0.750 bits per heavy atom. The number of hydrogen-bond donors (Lipinski definition) is 0. The molecule has 0 aliphatic heterocycles. The summed E-state index contributed by atoms with van der Waals surface area (Å²) in [6.45, 7) is 12.2. The molecular weight excluding hydrogens is 240 g/mol. The van der Waals surface area contributed by atoms with Crippen molar-refractivity contribution in [1.82, 2.24) is 0 Å². The molecule has 0 heteroatoms. The summed E-state index contributed by atoms with van der Waals surface area (Å²) in [5.41, 5.74) is 5.08. The molecule has 0 unspecified atom stereocenters. The van der Waals surface area contributed by atoms with Gasteiger partial charge in [0.2, 0.25) is 0 Å². The average molecular weight is 268 g/mol. The van der Waals surface area contributed by atoms with Gasteiger partial charge >= 0.3 is 0 Å². The fourth-order valence-corrected chi connectivity index (χ4v) is 1.55. The van der Waals surface area contributed by atoms with Gasteiger partial charge in [0.15, 0.2) is 0 Å². The van der Waals surface area contributed by atoms with Crippen LogP contribution in [-0.2, 0) is 0 Å². The minimum atomic E-state index is 1.24. The topological polar surface area (TPSA) is 0 Å². The highest BCUT2D eigenvalue weighted by Crippen LogP contribution is 2.10. The lowest BCUT2D eigenvalue weighted by Crippen LogP contribution is -1.75. The Balaban J connectivity index is 0.000000829. The van der Waals surface area contributed by atoms with Crippen LogP contribution in [0, 0.1) is 13.8 Å². The van der Waals surface area contributed by atoms with Crippen molar-refractivity contribution in [2.45, 2.75) is 41.5 Å². The van der Waals surface area contributed by atoms with E-state index in [9.17, 15) is 0 Å². The SMILES string of the molecule is CC.CC.Cc1ccc(C=Cc2ccc(C)cc2)cc1. The predicted molar refractivity (Wildman–Crippen MR) is 94.0 cm³/mol. The van der Waals surface area contributed by atoms with Gasteiger partial charge < -0.3 is 0 Å². The van der Waals surface area contributed by atoms with Gasteiger partial charge in [0.25, 0.3) is 0 Å². The first kappa shape index (κ1) is 18.2. The van der Waals surface area contributed by atoms with Crippen LogP contribution in [0.4, 0.5) is 0 Å². The van der Waals surface area contributed by atoms with Gasteiger partial charge in [0.05, 0.1) is 0 Å². The molecule has 0 saturated carbocycles. The summed E-state index contributed by atoms with van der Waals surface area (Å²) in [6, 6.07) is 17.1. The number of benzene rings is 2. The Morgan fingerprint density at radius 3 is 1.00 bits per heavy atom. The molecule has 0 aromatic heterocycles. The van der Waals surface area contributed by atoms with E-state index in [4.69, 9.17) is 0 Å². The zero-order chi connectivity index (χ0) is 15.4. The summed E-state index contributed by atoms with van der Waals surface area (Å²) in [7, 11) is 0. The first-order valence-electron chi connectivity index (χ1n) is 7.55. The first-order chi connectivity index (χ1) is 9.74. The standard InChI is InChI=1S/C16H16.2C2H6/c1-13-3-7-15(8-4-13)11-12-16-9-5-14(2)6-10-16;2*1-2/h3-12H,1-2H3;2*1-2H3. The Hall–Kier alpha value is -1.82. The Morgan fingerprint density at radius 1 is 0.500 bits per heavy atom. The van der Waals surface area contributed by atoms with Crippen molar-refractivity contribution in [2.24, 2.45) is 0 Å². The second kappa shape index (κ2) is 11.0. The molecule has 108 valence electrons. The van der Waals surface area contributed by atoms with Crippen molar-refractivity contribution in [3.8, 4) is 0 Å². The molecule has 20 heavy (non-hydrogen) atoms. The Bertz CT molecular complexity index is 425. The molecule has 2 aromatic carbocycles. The highest BCUT2D eigenvalue weighted by atomic mass is 13.9. The monoisotopic (exact) mass is 268 g/mol. The van der Waals surface area contributed by atoms with Gasteiger partial charge in [-0.3, -0.25) is 0 Å². The van der Waals surface area contributed by atoms with Gasteiger partial charge in [-0.2, -0.15) is 0 Å². The Kier molecular flexibility index (Phi) is 10.0. The molecule has 0 atom stereocenters. The maximum atomic E-state index is 2.14. The largest absolute Gasteiger partial charge is 0.0683 e. The van der Waals surface area contributed by atoms with E-state index in [0.29, 0.717) is 0 Å². The lowest BCUT2D eigenvalue weighted by Gasteiger charge is -1.96. The van der Waals surface area contributed by atoms with E-state index in [1.54, 1.807) is 0 Å². The van der Waals surface area contributed by atoms with Gasteiger partial charge in [-0.05, 0) is 25.0 Å². The van der Waals surface area contributed by atoms with E-state index in [1.807, 2.05) is 27.7 Å². The summed E-state index contributed by atoms with van der Waals surface area (Å²) in [4.78, 5) is 0. The van der Waals surface area contributed by atoms with Crippen molar-refractivity contribution >= 4 is 12.2 Å². The maximum absolute atomic E-state index is 2.14. The highest BCUT2D eigenvalue weighted by Gasteiger charge is 1.88. The zero-order valence-corrected chi connectivity index (χ0v) is 13.8. The van der Waals surface area contributed by atoms with E-state index in [2.05, 4.69) is 74.5 Å². The van der Waals surface area contributed by atoms with Crippen molar-refractivity contribution in [3.05, 3.63) is 70.8 Å². The molecule has 0 aliphatic rings. The summed E-state index contributed by atoms with van der Waals surface area (Å²) >= 11 is 0. The molecule has 0 radical (unpaired) electrons. The van der Waals surface area contributed by atoms with Crippen LogP contribution in [0.1, 0.15) is 49.9 Å². The van der Waals surface area contributed by atoms with E-state index in [-0.39, 0.29) is 0 Å². The second-order valence-corrected chi connectivity index (χ2v) is 4.15. The third kappa shape index (κ3) is 6.94. The van der Waals surface area contributed by atoms with E-state index in [1.165, 1.54) is 22.3 Å². The quantitative estimate of drug-likeness (QED) is 0.543. The third-order valence-electron chi connectivity index (χ3n) is 2.62. The lowest BCUT2D eigenvalue weighted by molar-refractivity contribution is 1.46. The predicted octanol–water partition coefficient (Wildman–Crippen LogP) is 6.53. The molecule has 0 bridgehead atoms. The van der Waals surface area contributed by atoms with E-state index >= 15 is 0 Å². The van der Waals surface area contributed by atoms with Crippen LogP contribution in [0.3, 0.4) is 0 Å². The lowest BCUT2D eigenvalue weighted by atomic mass is 10.1. The minimum absolute atomic E-state index is 1.24. The molecule has 2 rings (SSSR count). The van der Waals surface area contributed by atoms with Crippen molar-refractivity contribution in [3.63, 3.8) is 0 Å². The summed E-state index contributed by atoms with van der Waals surface area (Å²) < 4.78 is 0. The van der Waals surface area contributed by atoms with Gasteiger partial charge in [-0.1, -0.05) is 99.5 Å². The molecule has 0 saturated heterocycles. The highest BCUT2D eigenvalue weighted by molar-refractivity contribution is 5.69. The first-order valence-corrected chi connectivity index (χ1v) is 7.55. The second-order valence-electron chi connectivity index (χ2n) is 4.15. The normalized spacial score (nSPS) is 9.30. The molecule has 0 amide bonds. The Labute approximate surface area is 125 Å². The molecule has 0 fully saturated rings. The summed E-state index contributed by atoms with van der Waals surface area (Å²) in [6.07, 6.45) is 4.29. The number of rotatable bonds is 2. The zero-order valence-electron chi connectivity index (χ0n) is 13.8. The molecule has 0 nitrogen and oxygen atoms in total. The fraction of sp³-hybridized carbons (Fsp3) is 0.300. The molecule has 0 spiro atoms. The van der Waals surface area contributed by atoms with Gasteiger partial charge in [-0.25, -0.2) is 0 Å². The van der Waals surface area contributed by atoms with E-state index < -0.39 is 0 Å². The number of hydrogen-bond acceptors (Lipinski definition) is 0.